The highest BCUT2D eigenvalue weighted by atomic mass is 16.2. The van der Waals surface area contributed by atoms with Gasteiger partial charge < -0.3 is 26.3 Å². The second-order valence-electron chi connectivity index (χ2n) is 13.0. The van der Waals surface area contributed by atoms with Crippen molar-refractivity contribution in [3.63, 3.8) is 0 Å². The van der Waals surface area contributed by atoms with Gasteiger partial charge in [0.2, 0.25) is 23.5 Å². The van der Waals surface area contributed by atoms with Crippen molar-refractivity contribution in [2.24, 2.45) is 5.92 Å². The zero-order valence-electron chi connectivity index (χ0n) is 28.4. The molecule has 4 aromatic carbocycles. The van der Waals surface area contributed by atoms with Crippen molar-refractivity contribution in [1.82, 2.24) is 26.3 Å². The third kappa shape index (κ3) is 8.77. The monoisotopic (exact) mass is 683 g/mol. The van der Waals surface area contributed by atoms with E-state index < -0.39 is 41.6 Å². The highest BCUT2D eigenvalue weighted by Crippen LogP contribution is 2.26. The number of H-pyrrole nitrogens is 1. The van der Waals surface area contributed by atoms with Crippen LogP contribution in [0.25, 0.3) is 10.9 Å². The second kappa shape index (κ2) is 16.1. The van der Waals surface area contributed by atoms with Crippen molar-refractivity contribution in [2.75, 3.05) is 0 Å². The molecule has 4 amide bonds. The molecule has 51 heavy (non-hydrogen) atoms. The molecule has 0 saturated heterocycles. The Morgan fingerprint density at radius 2 is 1.25 bits per heavy atom. The summed E-state index contributed by atoms with van der Waals surface area (Å²) >= 11 is 0. The van der Waals surface area contributed by atoms with Gasteiger partial charge in [-0.1, -0.05) is 103 Å². The van der Waals surface area contributed by atoms with E-state index in [2.05, 4.69) is 26.3 Å². The Morgan fingerprint density at radius 1 is 0.667 bits per heavy atom. The lowest BCUT2D eigenvalue weighted by Crippen LogP contribution is -2.57. The fourth-order valence-electron chi connectivity index (χ4n) is 6.52. The number of amides is 4. The van der Waals surface area contributed by atoms with Crippen molar-refractivity contribution in [1.29, 1.82) is 0 Å². The Hall–Kier alpha value is -6.03. The van der Waals surface area contributed by atoms with Gasteiger partial charge in [-0.25, -0.2) is 0 Å². The molecule has 0 aliphatic heterocycles. The van der Waals surface area contributed by atoms with Crippen LogP contribution in [0.5, 0.6) is 0 Å². The van der Waals surface area contributed by atoms with Gasteiger partial charge >= 0.3 is 0 Å². The van der Waals surface area contributed by atoms with Crippen molar-refractivity contribution in [3.8, 4) is 0 Å². The molecule has 5 aromatic rings. The molecule has 3 atom stereocenters. The Labute approximate surface area is 296 Å². The molecule has 5 N–H and O–H groups in total. The van der Waals surface area contributed by atoms with Gasteiger partial charge in [-0.3, -0.25) is 24.0 Å². The van der Waals surface area contributed by atoms with Crippen LogP contribution in [0, 0.1) is 5.92 Å². The molecule has 10 heteroatoms. The molecular weight excluding hydrogens is 642 g/mol. The molecule has 1 aliphatic rings. The smallest absolute Gasteiger partial charge is 0.289 e. The summed E-state index contributed by atoms with van der Waals surface area (Å²) in [4.78, 5) is 70.9. The van der Waals surface area contributed by atoms with Crippen molar-refractivity contribution in [3.05, 3.63) is 143 Å². The lowest BCUT2D eigenvalue weighted by Gasteiger charge is -2.24. The Morgan fingerprint density at radius 3 is 1.94 bits per heavy atom. The molecule has 260 valence electrons. The molecular formula is C41H41N5O5. The molecule has 3 unspecified atom stereocenters. The predicted octanol–water partition coefficient (Wildman–Crippen LogP) is 3.73. The molecule has 0 fully saturated rings. The van der Waals surface area contributed by atoms with E-state index in [0.717, 1.165) is 38.7 Å². The summed E-state index contributed by atoms with van der Waals surface area (Å²) in [5, 5.41) is 12.0. The van der Waals surface area contributed by atoms with Gasteiger partial charge in [-0.2, -0.15) is 0 Å². The number of carbonyl (C=O) groups is 5. The predicted molar refractivity (Wildman–Crippen MR) is 194 cm³/mol. The lowest BCUT2D eigenvalue weighted by atomic mass is 9.99. The van der Waals surface area contributed by atoms with E-state index in [0.29, 0.717) is 12.8 Å². The first-order chi connectivity index (χ1) is 24.7. The fourth-order valence-corrected chi connectivity index (χ4v) is 6.52. The SMILES string of the molecule is CC(NC(=O)C1Cc2ccccc2C1)C(=O)NC(Cc1c[nH]c2ccccc12)C(=O)NC(Cc1ccccc1)C(=O)C(=O)NCc1ccccc1. The number of hydrogen-bond acceptors (Lipinski definition) is 5. The molecule has 0 spiro atoms. The molecule has 6 rings (SSSR count). The minimum Gasteiger partial charge on any atom is -0.361 e. The van der Waals surface area contributed by atoms with Gasteiger partial charge in [-0.05, 0) is 53.6 Å². The average Bonchev–Trinajstić information content (AvgIpc) is 3.78. The largest absolute Gasteiger partial charge is 0.361 e. The zero-order valence-corrected chi connectivity index (χ0v) is 28.4. The summed E-state index contributed by atoms with van der Waals surface area (Å²) in [5.41, 5.74) is 5.45. The average molecular weight is 684 g/mol. The standard InChI is InChI=1S/C41H41N5O5/c1-26(44-39(49)31-21-29-16-8-9-17-30(29)22-31)38(48)46-36(23-32-25-42-34-19-11-10-18-33(32)34)40(50)45-35(20-27-12-4-2-5-13-27)37(47)41(51)43-24-28-14-6-3-7-15-28/h2-19,25-26,31,35-36,42H,20-24H2,1H3,(H,43,51)(H,44,49)(H,45,50)(H,46,48). The van der Waals surface area contributed by atoms with Crippen LogP contribution >= 0.6 is 0 Å². The van der Waals surface area contributed by atoms with Gasteiger partial charge in [0.05, 0.1) is 0 Å². The van der Waals surface area contributed by atoms with Gasteiger partial charge in [0, 0.05) is 42.4 Å². The second-order valence-corrected chi connectivity index (χ2v) is 13.0. The van der Waals surface area contributed by atoms with E-state index in [1.54, 1.807) is 13.1 Å². The van der Waals surface area contributed by atoms with Gasteiger partial charge in [0.1, 0.15) is 18.1 Å². The number of para-hydroxylation sites is 1. The number of Topliss-reactive ketones (excluding diaryl/α,β-unsaturated/α-hetero) is 1. The maximum Gasteiger partial charge on any atom is 0.289 e. The van der Waals surface area contributed by atoms with Crippen LogP contribution < -0.4 is 21.3 Å². The van der Waals surface area contributed by atoms with E-state index in [9.17, 15) is 24.0 Å². The Kier molecular flexibility index (Phi) is 11.0. The van der Waals surface area contributed by atoms with E-state index in [1.807, 2.05) is 109 Å². The van der Waals surface area contributed by atoms with Crippen LogP contribution in [0.15, 0.2) is 115 Å². The normalized spacial score (nSPS) is 14.1. The van der Waals surface area contributed by atoms with Crippen LogP contribution in [-0.4, -0.2) is 52.5 Å². The third-order valence-corrected chi connectivity index (χ3v) is 9.34. The first kappa shape index (κ1) is 34.8. The highest BCUT2D eigenvalue weighted by Gasteiger charge is 2.33. The van der Waals surface area contributed by atoms with Crippen molar-refractivity contribution in [2.45, 2.75) is 57.3 Å². The first-order valence-electron chi connectivity index (χ1n) is 17.2. The number of carbonyl (C=O) groups excluding carboxylic acids is 5. The summed E-state index contributed by atoms with van der Waals surface area (Å²) in [5.74, 6) is -3.35. The first-order valence-corrected chi connectivity index (χ1v) is 17.2. The van der Waals surface area contributed by atoms with E-state index in [1.165, 1.54) is 0 Å². The van der Waals surface area contributed by atoms with E-state index in [-0.39, 0.29) is 31.2 Å². The number of nitrogens with one attached hydrogen (secondary N) is 5. The number of ketones is 1. The number of aromatic nitrogens is 1. The van der Waals surface area contributed by atoms with E-state index in [4.69, 9.17) is 0 Å². The number of rotatable bonds is 14. The van der Waals surface area contributed by atoms with Gasteiger partial charge in [0.15, 0.2) is 0 Å². The molecule has 1 aromatic heterocycles. The Balaban J connectivity index is 1.18. The minimum absolute atomic E-state index is 0.0637. The van der Waals surface area contributed by atoms with Crippen LogP contribution in [0.1, 0.15) is 34.7 Å². The summed E-state index contributed by atoms with van der Waals surface area (Å²) in [6.07, 6.45) is 3.12. The summed E-state index contributed by atoms with van der Waals surface area (Å²) in [7, 11) is 0. The van der Waals surface area contributed by atoms with Gasteiger partial charge in [0.25, 0.3) is 5.91 Å². The molecule has 0 radical (unpaired) electrons. The van der Waals surface area contributed by atoms with E-state index >= 15 is 0 Å². The topological polar surface area (TPSA) is 149 Å². The number of aromatic amines is 1. The minimum atomic E-state index is -1.21. The maximum atomic E-state index is 14.1. The summed E-state index contributed by atoms with van der Waals surface area (Å²) in [6, 6.07) is 30.5. The molecule has 0 bridgehead atoms. The number of hydrogen-bond donors (Lipinski definition) is 5. The number of benzene rings is 4. The van der Waals surface area contributed by atoms with Crippen LogP contribution in [0.2, 0.25) is 0 Å². The third-order valence-electron chi connectivity index (χ3n) is 9.34. The van der Waals surface area contributed by atoms with Crippen LogP contribution in [-0.2, 0) is 56.2 Å². The number of fused-ring (bicyclic) bond motifs is 2. The quantitative estimate of drug-likeness (QED) is 0.113. The summed E-state index contributed by atoms with van der Waals surface area (Å²) < 4.78 is 0. The van der Waals surface area contributed by atoms with Crippen molar-refractivity contribution < 1.29 is 24.0 Å². The van der Waals surface area contributed by atoms with Crippen molar-refractivity contribution >= 4 is 40.3 Å². The Bertz CT molecular complexity index is 2000. The zero-order chi connectivity index (χ0) is 35.7. The summed E-state index contributed by atoms with van der Waals surface area (Å²) in [6.45, 7) is 1.72. The van der Waals surface area contributed by atoms with Crippen LogP contribution in [0.4, 0.5) is 0 Å². The molecule has 1 aliphatic carbocycles. The molecule has 10 nitrogen and oxygen atoms in total. The molecule has 0 saturated carbocycles. The highest BCUT2D eigenvalue weighted by molar-refractivity contribution is 6.38. The maximum absolute atomic E-state index is 14.1. The molecule has 1 heterocycles. The fraction of sp³-hybridized carbons (Fsp3) is 0.244. The van der Waals surface area contributed by atoms with Crippen LogP contribution in [0.3, 0.4) is 0 Å². The van der Waals surface area contributed by atoms with Gasteiger partial charge in [-0.15, -0.1) is 0 Å². The lowest BCUT2D eigenvalue weighted by molar-refractivity contribution is -0.140.